The second-order valence-electron chi connectivity index (χ2n) is 9.13. The highest BCUT2D eigenvalue weighted by Gasteiger charge is 2.49. The number of amides is 3. The third-order valence-corrected chi connectivity index (χ3v) is 5.58. The lowest BCUT2D eigenvalue weighted by atomic mass is 9.88. The Hall–Kier alpha value is -3.16. The van der Waals surface area contributed by atoms with Gasteiger partial charge in [-0.15, -0.1) is 0 Å². The van der Waals surface area contributed by atoms with Crippen LogP contribution in [0.2, 0.25) is 0 Å². The molecule has 2 fully saturated rings. The molecule has 2 bridgehead atoms. The Morgan fingerprint density at radius 2 is 1.90 bits per heavy atom. The van der Waals surface area contributed by atoms with Crippen LogP contribution in [0.1, 0.15) is 32.8 Å². The van der Waals surface area contributed by atoms with Crippen LogP contribution in [-0.4, -0.2) is 57.7 Å². The molecular weight excluding hydrogens is 399 g/mol. The predicted octanol–water partition coefficient (Wildman–Crippen LogP) is 4.42. The van der Waals surface area contributed by atoms with Gasteiger partial charge in [0.05, 0.1) is 23.5 Å². The van der Waals surface area contributed by atoms with E-state index in [0.29, 0.717) is 18.8 Å². The molecule has 7 nitrogen and oxygen atoms in total. The summed E-state index contributed by atoms with van der Waals surface area (Å²) in [5.74, 6) is -0.494. The molecule has 1 N–H and O–H groups in total. The lowest BCUT2D eigenvalue weighted by molar-refractivity contribution is -0.0456. The molecule has 3 heterocycles. The lowest BCUT2D eigenvalue weighted by Crippen LogP contribution is -2.71. The number of ether oxygens (including phenoxy) is 1. The summed E-state index contributed by atoms with van der Waals surface area (Å²) in [6.07, 6.45) is 2.13. The van der Waals surface area contributed by atoms with Gasteiger partial charge in [-0.25, -0.2) is 14.0 Å². The van der Waals surface area contributed by atoms with Gasteiger partial charge in [-0.1, -0.05) is 6.07 Å². The Balaban J connectivity index is 1.45. The first-order valence-corrected chi connectivity index (χ1v) is 10.4. The average molecular weight is 426 g/mol. The normalized spacial score (nSPS) is 20.2. The van der Waals surface area contributed by atoms with Crippen molar-refractivity contribution in [1.82, 2.24) is 14.8 Å². The van der Waals surface area contributed by atoms with Crippen LogP contribution in [0.5, 0.6) is 0 Å². The summed E-state index contributed by atoms with van der Waals surface area (Å²) in [5.41, 5.74) is 1.76. The van der Waals surface area contributed by atoms with Crippen molar-refractivity contribution < 1.29 is 18.7 Å². The van der Waals surface area contributed by atoms with E-state index in [-0.39, 0.29) is 29.9 Å². The number of nitrogens with one attached hydrogen (secondary N) is 1. The van der Waals surface area contributed by atoms with Gasteiger partial charge in [0.2, 0.25) is 0 Å². The third-order valence-electron chi connectivity index (χ3n) is 5.58. The molecule has 4 rings (SSSR count). The van der Waals surface area contributed by atoms with Crippen molar-refractivity contribution in [3.05, 3.63) is 47.9 Å². The molecule has 8 heteroatoms. The molecule has 0 saturated carbocycles. The molecule has 2 aliphatic heterocycles. The van der Waals surface area contributed by atoms with Gasteiger partial charge >= 0.3 is 12.1 Å². The quantitative estimate of drug-likeness (QED) is 0.771. The van der Waals surface area contributed by atoms with Crippen LogP contribution in [0.3, 0.4) is 0 Å². The number of nitrogens with zero attached hydrogens (tertiary/aromatic N) is 3. The predicted molar refractivity (Wildman–Crippen MR) is 115 cm³/mol. The Morgan fingerprint density at radius 1 is 1.19 bits per heavy atom. The summed E-state index contributed by atoms with van der Waals surface area (Å²) in [6, 6.07) is 7.98. The maximum absolute atomic E-state index is 14.6. The number of carbonyl (C=O) groups is 2. The number of halogens is 1. The number of piperazine rings is 1. The Kier molecular flexibility index (Phi) is 5.33. The zero-order valence-corrected chi connectivity index (χ0v) is 18.2. The van der Waals surface area contributed by atoms with Crippen molar-refractivity contribution in [3.63, 3.8) is 0 Å². The summed E-state index contributed by atoms with van der Waals surface area (Å²) in [5, 5.41) is 2.71. The number of urea groups is 1. The topological polar surface area (TPSA) is 74.8 Å². The van der Waals surface area contributed by atoms with Gasteiger partial charge in [0, 0.05) is 24.8 Å². The minimum Gasteiger partial charge on any atom is -0.444 e. The molecule has 1 aromatic carbocycles. The molecule has 0 aliphatic carbocycles. The lowest BCUT2D eigenvalue weighted by Gasteiger charge is -2.55. The van der Waals surface area contributed by atoms with Crippen molar-refractivity contribution in [1.29, 1.82) is 0 Å². The fraction of sp³-hybridized carbons (Fsp3) is 0.435. The molecule has 2 saturated heterocycles. The van der Waals surface area contributed by atoms with Crippen molar-refractivity contribution in [2.75, 3.05) is 18.4 Å². The fourth-order valence-corrected chi connectivity index (χ4v) is 4.16. The first kappa shape index (κ1) is 21.1. The summed E-state index contributed by atoms with van der Waals surface area (Å²) in [4.78, 5) is 32.9. The summed E-state index contributed by atoms with van der Waals surface area (Å²) in [7, 11) is 0. The molecule has 1 aromatic heterocycles. The molecule has 2 atom stereocenters. The van der Waals surface area contributed by atoms with Crippen LogP contribution in [0.4, 0.5) is 19.7 Å². The van der Waals surface area contributed by atoms with E-state index in [9.17, 15) is 14.0 Å². The molecule has 31 heavy (non-hydrogen) atoms. The number of pyridine rings is 1. The van der Waals surface area contributed by atoms with Crippen LogP contribution in [0, 0.1) is 12.7 Å². The van der Waals surface area contributed by atoms with Crippen molar-refractivity contribution in [3.8, 4) is 11.3 Å². The van der Waals surface area contributed by atoms with Crippen molar-refractivity contribution in [2.45, 2.75) is 51.8 Å². The van der Waals surface area contributed by atoms with Gasteiger partial charge in [0.1, 0.15) is 11.4 Å². The Bertz CT molecular complexity index is 994. The molecule has 0 radical (unpaired) electrons. The van der Waals surface area contributed by atoms with Crippen molar-refractivity contribution >= 4 is 17.8 Å². The number of carbonyl (C=O) groups excluding carboxylic acids is 2. The SMILES string of the molecule is Cc1cc(F)c(NC(=O)N2C3CC2CN(C(=O)OC(C)(C)C)C3)cc1-c1ccccn1. The molecule has 3 amide bonds. The fourth-order valence-electron chi connectivity index (χ4n) is 4.16. The number of hydrogen-bond donors (Lipinski definition) is 1. The monoisotopic (exact) mass is 426 g/mol. The van der Waals surface area contributed by atoms with E-state index in [1.807, 2.05) is 45.9 Å². The van der Waals surface area contributed by atoms with Gasteiger partial charge < -0.3 is 19.9 Å². The highest BCUT2D eigenvalue weighted by molar-refractivity contribution is 5.92. The smallest absolute Gasteiger partial charge is 0.410 e. The van der Waals surface area contributed by atoms with Crippen LogP contribution >= 0.6 is 0 Å². The van der Waals surface area contributed by atoms with Crippen molar-refractivity contribution in [2.24, 2.45) is 0 Å². The van der Waals surface area contributed by atoms with Crippen LogP contribution in [-0.2, 0) is 4.74 Å². The summed E-state index contributed by atoms with van der Waals surface area (Å²) >= 11 is 0. The first-order chi connectivity index (χ1) is 14.6. The maximum Gasteiger partial charge on any atom is 0.410 e. The van der Waals surface area contributed by atoms with E-state index in [2.05, 4.69) is 10.3 Å². The second kappa shape index (κ2) is 7.83. The molecule has 2 unspecified atom stereocenters. The number of piperidine rings is 1. The Labute approximate surface area is 181 Å². The molecule has 164 valence electrons. The number of anilines is 1. The largest absolute Gasteiger partial charge is 0.444 e. The zero-order valence-electron chi connectivity index (χ0n) is 18.2. The number of aryl methyl sites for hydroxylation is 1. The minimum atomic E-state index is -0.565. The number of benzene rings is 1. The molecular formula is C23H27FN4O3. The van der Waals surface area contributed by atoms with Crippen LogP contribution in [0.25, 0.3) is 11.3 Å². The van der Waals surface area contributed by atoms with E-state index in [4.69, 9.17) is 4.74 Å². The second-order valence-corrected chi connectivity index (χ2v) is 9.13. The van der Waals surface area contributed by atoms with Gasteiger partial charge in [0.15, 0.2) is 0 Å². The summed E-state index contributed by atoms with van der Waals surface area (Å²) < 4.78 is 20.0. The highest BCUT2D eigenvalue weighted by atomic mass is 19.1. The molecule has 2 aliphatic rings. The van der Waals surface area contributed by atoms with Gasteiger partial charge in [-0.3, -0.25) is 4.98 Å². The number of hydrogen-bond acceptors (Lipinski definition) is 4. The maximum atomic E-state index is 14.6. The highest BCUT2D eigenvalue weighted by Crippen LogP contribution is 2.34. The first-order valence-electron chi connectivity index (χ1n) is 10.4. The minimum absolute atomic E-state index is 0.102. The van der Waals surface area contributed by atoms with E-state index in [1.54, 1.807) is 22.1 Å². The van der Waals surface area contributed by atoms with Gasteiger partial charge in [0.25, 0.3) is 0 Å². The third kappa shape index (κ3) is 4.33. The van der Waals surface area contributed by atoms with E-state index >= 15 is 0 Å². The van der Waals surface area contributed by atoms with Crippen LogP contribution < -0.4 is 5.32 Å². The number of rotatable bonds is 2. The van der Waals surface area contributed by atoms with E-state index in [1.165, 1.54) is 6.07 Å². The van der Waals surface area contributed by atoms with Crippen LogP contribution in [0.15, 0.2) is 36.5 Å². The number of likely N-dealkylation sites (tertiary alicyclic amines) is 2. The number of aromatic nitrogens is 1. The van der Waals surface area contributed by atoms with Gasteiger partial charge in [-0.2, -0.15) is 0 Å². The standard InChI is InChI=1S/C23H27FN4O3/c1-14-9-18(24)20(11-17(14)19-7-5-6-8-25-19)26-21(29)28-15-10-16(28)13-27(12-15)22(30)31-23(2,3)4/h5-9,11,15-16H,10,12-13H2,1-4H3,(H,26,29). The molecule has 0 spiro atoms. The Morgan fingerprint density at radius 3 is 2.52 bits per heavy atom. The summed E-state index contributed by atoms with van der Waals surface area (Å²) in [6.45, 7) is 8.10. The average Bonchev–Trinajstić information content (AvgIpc) is 2.69. The zero-order chi connectivity index (χ0) is 22.3. The number of fused-ring (bicyclic) bond motifs is 2. The van der Waals surface area contributed by atoms with E-state index < -0.39 is 11.4 Å². The van der Waals surface area contributed by atoms with E-state index in [0.717, 1.165) is 17.5 Å². The molecule has 2 aromatic rings. The van der Waals surface area contributed by atoms with Gasteiger partial charge in [-0.05, 0) is 63.9 Å².